The molecule has 0 heterocycles. The van der Waals surface area contributed by atoms with Gasteiger partial charge in [0.1, 0.15) is 0 Å². The summed E-state index contributed by atoms with van der Waals surface area (Å²) in [7, 11) is -1.60. The molecule has 0 aromatic heterocycles. The van der Waals surface area contributed by atoms with Gasteiger partial charge < -0.3 is 4.90 Å². The zero-order valence-electron chi connectivity index (χ0n) is 11.7. The lowest BCUT2D eigenvalue weighted by Gasteiger charge is -2.17. The van der Waals surface area contributed by atoms with E-state index in [-0.39, 0.29) is 0 Å². The summed E-state index contributed by atoms with van der Waals surface area (Å²) in [4.78, 5) is 2.35. The monoisotopic (exact) mass is 267 g/mol. The molecule has 0 saturated heterocycles. The first-order chi connectivity index (χ1) is 8.57. The predicted octanol–water partition coefficient (Wildman–Crippen LogP) is 3.26. The average molecular weight is 267 g/mol. The molecule has 4 heteroatoms. The minimum absolute atomic E-state index is 0.770. The average Bonchev–Trinajstić information content (AvgIpc) is 2.35. The zero-order valence-corrected chi connectivity index (χ0v) is 12.5. The normalized spacial score (nSPS) is 14.4. The summed E-state index contributed by atoms with van der Waals surface area (Å²) >= 11 is 0. The molecular weight excluding hydrogens is 242 g/mol. The molecular formula is C14H25N3S. The van der Waals surface area contributed by atoms with Crippen LogP contribution in [0.1, 0.15) is 19.4 Å². The first-order valence-electron chi connectivity index (χ1n) is 6.53. The van der Waals surface area contributed by atoms with Crippen LogP contribution in [0.15, 0.2) is 34.7 Å². The second-order valence-corrected chi connectivity index (χ2v) is 7.18. The van der Waals surface area contributed by atoms with Crippen LogP contribution in [-0.4, -0.2) is 37.3 Å². The fraction of sp³-hybridized carbons (Fsp3) is 0.571. The van der Waals surface area contributed by atoms with Crippen LogP contribution in [0.2, 0.25) is 0 Å². The Kier molecular flexibility index (Phi) is 6.36. The van der Waals surface area contributed by atoms with Crippen molar-refractivity contribution in [2.45, 2.75) is 19.6 Å². The maximum Gasteiger partial charge on any atom is 0.0595 e. The van der Waals surface area contributed by atoms with Gasteiger partial charge in [-0.2, -0.15) is 0 Å². The third kappa shape index (κ3) is 5.65. The van der Waals surface area contributed by atoms with Gasteiger partial charge in [-0.25, -0.2) is 0 Å². The molecule has 0 saturated carbocycles. The summed E-state index contributed by atoms with van der Waals surface area (Å²) in [5.74, 6) is 0.770. The molecule has 1 unspecified atom stereocenters. The van der Waals surface area contributed by atoms with Crippen molar-refractivity contribution in [3.05, 3.63) is 35.9 Å². The van der Waals surface area contributed by atoms with E-state index in [4.69, 9.17) is 4.78 Å². The van der Waals surface area contributed by atoms with Gasteiger partial charge in [0.2, 0.25) is 0 Å². The molecule has 0 bridgehead atoms. The molecule has 0 aliphatic carbocycles. The lowest BCUT2D eigenvalue weighted by Crippen LogP contribution is -2.26. The lowest BCUT2D eigenvalue weighted by atomic mass is 10.2. The van der Waals surface area contributed by atoms with E-state index < -0.39 is 9.62 Å². The van der Waals surface area contributed by atoms with Gasteiger partial charge in [-0.05, 0) is 18.7 Å². The Morgan fingerprint density at radius 3 is 2.33 bits per heavy atom. The van der Waals surface area contributed by atoms with Crippen molar-refractivity contribution in [3.8, 4) is 0 Å². The molecule has 1 atom stereocenters. The molecule has 0 aliphatic heterocycles. The van der Waals surface area contributed by atoms with E-state index in [0.717, 1.165) is 31.9 Å². The third-order valence-corrected chi connectivity index (χ3v) is 4.63. The van der Waals surface area contributed by atoms with E-state index in [1.807, 2.05) is 24.5 Å². The second kappa shape index (κ2) is 7.54. The minimum Gasteiger partial charge on any atom is -0.302 e. The van der Waals surface area contributed by atoms with Gasteiger partial charge in [0.15, 0.2) is 0 Å². The summed E-state index contributed by atoms with van der Waals surface area (Å²) in [5.41, 5.74) is 1.22. The molecule has 0 fully saturated rings. The largest absolute Gasteiger partial charge is 0.302 e. The topological polar surface area (TPSA) is 39.5 Å². The smallest absolute Gasteiger partial charge is 0.0595 e. The first kappa shape index (κ1) is 15.2. The van der Waals surface area contributed by atoms with E-state index in [1.54, 1.807) is 0 Å². The van der Waals surface area contributed by atoms with Crippen LogP contribution < -0.4 is 0 Å². The maximum atomic E-state index is 8.32. The van der Waals surface area contributed by atoms with Crippen molar-refractivity contribution in [2.24, 2.45) is 4.36 Å². The summed E-state index contributed by atoms with van der Waals surface area (Å²) in [5, 5.41) is 0. The number of nitrogens with one attached hydrogen (secondary N) is 1. The SMILES string of the molecule is CCN(CC)CCN=S(C)(=N)Cc1ccccc1. The van der Waals surface area contributed by atoms with Crippen molar-refractivity contribution < 1.29 is 0 Å². The fourth-order valence-electron chi connectivity index (χ4n) is 1.87. The number of likely N-dealkylation sites (N-methyl/N-ethyl adjacent to an activating group) is 1. The molecule has 1 aromatic carbocycles. The van der Waals surface area contributed by atoms with Crippen molar-refractivity contribution >= 4 is 9.62 Å². The fourth-order valence-corrected chi connectivity index (χ4v) is 3.29. The summed E-state index contributed by atoms with van der Waals surface area (Å²) in [6.45, 7) is 8.22. The van der Waals surface area contributed by atoms with Gasteiger partial charge in [0, 0.05) is 18.6 Å². The quantitative estimate of drug-likeness (QED) is 0.809. The Morgan fingerprint density at radius 2 is 1.78 bits per heavy atom. The number of hydrogen-bond donors (Lipinski definition) is 1. The van der Waals surface area contributed by atoms with Crippen LogP contribution in [0.25, 0.3) is 0 Å². The van der Waals surface area contributed by atoms with Crippen LogP contribution in [0.5, 0.6) is 0 Å². The third-order valence-electron chi connectivity index (χ3n) is 2.98. The molecule has 0 aliphatic rings. The number of benzene rings is 1. The van der Waals surface area contributed by atoms with Crippen LogP contribution >= 0.6 is 0 Å². The first-order valence-corrected chi connectivity index (χ1v) is 8.69. The standard InChI is InChI=1S/C14H25N3S/c1-4-17(5-2)12-11-16-18(3,15)13-14-9-7-6-8-10-14/h6-10,15H,4-5,11-13H2,1-3H3. The van der Waals surface area contributed by atoms with Crippen LogP contribution in [0.3, 0.4) is 0 Å². The molecule has 0 amide bonds. The van der Waals surface area contributed by atoms with Crippen molar-refractivity contribution in [3.63, 3.8) is 0 Å². The van der Waals surface area contributed by atoms with Gasteiger partial charge in [-0.3, -0.25) is 9.14 Å². The van der Waals surface area contributed by atoms with Crippen molar-refractivity contribution in [1.82, 2.24) is 4.90 Å². The highest BCUT2D eigenvalue weighted by atomic mass is 32.2. The van der Waals surface area contributed by atoms with Crippen molar-refractivity contribution in [2.75, 3.05) is 32.4 Å². The Hall–Kier alpha value is -0.870. The van der Waals surface area contributed by atoms with Gasteiger partial charge in [-0.15, -0.1) is 0 Å². The van der Waals surface area contributed by atoms with Gasteiger partial charge in [0.25, 0.3) is 0 Å². The predicted molar refractivity (Wildman–Crippen MR) is 81.2 cm³/mol. The molecule has 18 heavy (non-hydrogen) atoms. The van der Waals surface area contributed by atoms with Crippen LogP contribution in [-0.2, 0) is 15.4 Å². The Labute approximate surface area is 112 Å². The Morgan fingerprint density at radius 1 is 1.17 bits per heavy atom. The van der Waals surface area contributed by atoms with Gasteiger partial charge in [-0.1, -0.05) is 53.8 Å². The summed E-state index contributed by atoms with van der Waals surface area (Å²) in [6, 6.07) is 10.2. The highest BCUT2D eigenvalue weighted by Gasteiger charge is 2.01. The number of rotatable bonds is 7. The lowest BCUT2D eigenvalue weighted by molar-refractivity contribution is 0.313. The molecule has 102 valence electrons. The Balaban J connectivity index is 2.55. The van der Waals surface area contributed by atoms with Gasteiger partial charge in [0.05, 0.1) is 6.54 Å². The highest BCUT2D eigenvalue weighted by Crippen LogP contribution is 2.07. The Bertz CT molecular complexity index is 443. The molecule has 1 N–H and O–H groups in total. The number of hydrogen-bond acceptors (Lipinski definition) is 3. The number of nitrogens with zero attached hydrogens (tertiary/aromatic N) is 2. The molecule has 0 radical (unpaired) electrons. The van der Waals surface area contributed by atoms with Crippen LogP contribution in [0.4, 0.5) is 0 Å². The molecule has 1 aromatic rings. The summed E-state index contributed by atoms with van der Waals surface area (Å²) < 4.78 is 12.9. The summed E-state index contributed by atoms with van der Waals surface area (Å²) in [6.07, 6.45) is 1.97. The molecule has 0 spiro atoms. The molecule has 3 nitrogen and oxygen atoms in total. The van der Waals surface area contributed by atoms with E-state index in [0.29, 0.717) is 0 Å². The highest BCUT2D eigenvalue weighted by molar-refractivity contribution is 7.93. The zero-order chi connectivity index (χ0) is 13.4. The minimum atomic E-state index is -1.60. The van der Waals surface area contributed by atoms with Crippen LogP contribution in [0, 0.1) is 4.78 Å². The molecule has 1 rings (SSSR count). The van der Waals surface area contributed by atoms with E-state index >= 15 is 0 Å². The van der Waals surface area contributed by atoms with E-state index in [9.17, 15) is 0 Å². The second-order valence-electron chi connectivity index (χ2n) is 4.55. The van der Waals surface area contributed by atoms with Crippen molar-refractivity contribution in [1.29, 1.82) is 4.78 Å². The van der Waals surface area contributed by atoms with E-state index in [2.05, 4.69) is 35.2 Å². The maximum absolute atomic E-state index is 8.32. The van der Waals surface area contributed by atoms with E-state index in [1.165, 1.54) is 5.56 Å². The van der Waals surface area contributed by atoms with Gasteiger partial charge >= 0.3 is 0 Å².